The normalized spacial score (nSPS) is 13.6. The fraction of sp³-hybridized carbons (Fsp3) is 0.459. The lowest BCUT2D eigenvalue weighted by Gasteiger charge is -2.22. The molecule has 1 saturated carbocycles. The van der Waals surface area contributed by atoms with Gasteiger partial charge in [-0.15, -0.1) is 10.2 Å². The first-order chi connectivity index (χ1) is 26.0. The zero-order valence-electron chi connectivity index (χ0n) is 31.0. The molecular formula is C37H46N10O5S2. The van der Waals surface area contributed by atoms with E-state index in [4.69, 9.17) is 9.72 Å². The molecule has 0 aliphatic heterocycles. The number of unbranched alkanes of at least 4 members (excludes halogenated alkanes) is 2. The number of thiazole rings is 1. The summed E-state index contributed by atoms with van der Waals surface area (Å²) in [6, 6.07) is 9.09. The maximum absolute atomic E-state index is 13.9. The Hall–Kier alpha value is -5.03. The van der Waals surface area contributed by atoms with E-state index in [-0.39, 0.29) is 30.3 Å². The topological polar surface area (TPSA) is 187 Å². The summed E-state index contributed by atoms with van der Waals surface area (Å²) < 4.78 is 35.4. The molecule has 17 heteroatoms. The molecule has 1 amide bonds. The van der Waals surface area contributed by atoms with Crippen molar-refractivity contribution in [2.24, 2.45) is 5.92 Å². The molecule has 0 bridgehead atoms. The highest BCUT2D eigenvalue weighted by molar-refractivity contribution is 7.90. The average Bonchev–Trinajstić information content (AvgIpc) is 3.74. The first-order valence-electron chi connectivity index (χ1n) is 18.3. The van der Waals surface area contributed by atoms with Crippen LogP contribution in [-0.4, -0.2) is 74.6 Å². The van der Waals surface area contributed by atoms with E-state index < -0.39 is 15.9 Å². The van der Waals surface area contributed by atoms with Gasteiger partial charge in [-0.25, -0.2) is 28.1 Å². The lowest BCUT2D eigenvalue weighted by Crippen LogP contribution is -2.33. The van der Waals surface area contributed by atoms with Crippen LogP contribution < -0.4 is 14.9 Å². The quantitative estimate of drug-likeness (QED) is 0.0804. The lowest BCUT2D eigenvalue weighted by molar-refractivity contribution is -0.143. The fourth-order valence-corrected chi connectivity index (χ4v) is 8.42. The Bertz CT molecular complexity index is 2180. The SMILES string of the molecule is CCOC(=O)CCCCCS(=O)(=O)NC(=O)c1nc(N(C)c2cc(C)c(Nc3nc4cccnc4s3)nn2)ccc1-c1cnn(CC2CCCCC2)c1C. The first kappa shape index (κ1) is 38.7. The zero-order valence-corrected chi connectivity index (χ0v) is 32.7. The van der Waals surface area contributed by atoms with Crippen LogP contribution in [0.3, 0.4) is 0 Å². The minimum Gasteiger partial charge on any atom is -0.466 e. The number of carbonyl (C=O) groups is 2. The Balaban J connectivity index is 1.23. The van der Waals surface area contributed by atoms with Gasteiger partial charge in [0.2, 0.25) is 10.0 Å². The van der Waals surface area contributed by atoms with E-state index in [1.54, 1.807) is 43.4 Å². The number of rotatable bonds is 16. The molecule has 1 aliphatic carbocycles. The third kappa shape index (κ3) is 9.55. The summed E-state index contributed by atoms with van der Waals surface area (Å²) in [5, 5.41) is 17.4. The van der Waals surface area contributed by atoms with E-state index >= 15 is 0 Å². The molecule has 0 atom stereocenters. The number of hydrogen-bond donors (Lipinski definition) is 2. The summed E-state index contributed by atoms with van der Waals surface area (Å²) in [5.41, 5.74) is 3.56. The average molecular weight is 775 g/mol. The van der Waals surface area contributed by atoms with Crippen molar-refractivity contribution in [3.63, 3.8) is 0 Å². The number of aryl methyl sites for hydroxylation is 1. The maximum atomic E-state index is 13.9. The van der Waals surface area contributed by atoms with Crippen LogP contribution in [0.1, 0.15) is 86.5 Å². The zero-order chi connectivity index (χ0) is 38.2. The second-order valence-electron chi connectivity index (χ2n) is 13.5. The summed E-state index contributed by atoms with van der Waals surface area (Å²) in [6.07, 6.45) is 10.9. The Morgan fingerprint density at radius 1 is 1.02 bits per heavy atom. The van der Waals surface area contributed by atoms with Crippen LogP contribution in [0.5, 0.6) is 0 Å². The highest BCUT2D eigenvalue weighted by atomic mass is 32.2. The highest BCUT2D eigenvalue weighted by Crippen LogP contribution is 2.33. The van der Waals surface area contributed by atoms with E-state index in [9.17, 15) is 18.0 Å². The molecule has 0 unspecified atom stereocenters. The Morgan fingerprint density at radius 3 is 2.59 bits per heavy atom. The minimum atomic E-state index is -4.02. The molecule has 0 aromatic carbocycles. The van der Waals surface area contributed by atoms with Gasteiger partial charge >= 0.3 is 5.97 Å². The van der Waals surface area contributed by atoms with Gasteiger partial charge in [-0.05, 0) is 88.3 Å². The fourth-order valence-electron chi connectivity index (χ4n) is 6.55. The Labute approximate surface area is 319 Å². The van der Waals surface area contributed by atoms with Crippen LogP contribution >= 0.6 is 11.3 Å². The monoisotopic (exact) mass is 774 g/mol. The van der Waals surface area contributed by atoms with Gasteiger partial charge in [0.25, 0.3) is 5.91 Å². The van der Waals surface area contributed by atoms with Crippen molar-refractivity contribution in [3.8, 4) is 11.1 Å². The van der Waals surface area contributed by atoms with Crippen molar-refractivity contribution in [2.45, 2.75) is 85.1 Å². The largest absolute Gasteiger partial charge is 0.466 e. The minimum absolute atomic E-state index is 0.0574. The number of carbonyl (C=O) groups excluding carboxylic acids is 2. The highest BCUT2D eigenvalue weighted by Gasteiger charge is 2.25. The second kappa shape index (κ2) is 17.4. The molecule has 15 nitrogen and oxygen atoms in total. The molecule has 0 spiro atoms. The van der Waals surface area contributed by atoms with Crippen molar-refractivity contribution >= 4 is 66.2 Å². The van der Waals surface area contributed by atoms with Gasteiger partial charge in [-0.3, -0.25) is 14.3 Å². The number of nitrogens with one attached hydrogen (secondary N) is 2. The summed E-state index contributed by atoms with van der Waals surface area (Å²) in [7, 11) is -2.27. The van der Waals surface area contributed by atoms with Crippen molar-refractivity contribution in [3.05, 3.63) is 59.7 Å². The molecule has 5 heterocycles. The van der Waals surface area contributed by atoms with Crippen LogP contribution in [0.2, 0.25) is 0 Å². The Morgan fingerprint density at radius 2 is 1.83 bits per heavy atom. The van der Waals surface area contributed by atoms with Crippen LogP contribution in [0.15, 0.2) is 42.7 Å². The van der Waals surface area contributed by atoms with Crippen LogP contribution in [0, 0.1) is 19.8 Å². The van der Waals surface area contributed by atoms with E-state index in [0.717, 1.165) is 41.0 Å². The van der Waals surface area contributed by atoms with E-state index in [0.29, 0.717) is 59.1 Å². The lowest BCUT2D eigenvalue weighted by atomic mass is 9.89. The number of fused-ring (bicyclic) bond motifs is 1. The first-order valence-corrected chi connectivity index (χ1v) is 20.8. The number of aromatic nitrogens is 7. The molecule has 6 rings (SSSR count). The van der Waals surface area contributed by atoms with Gasteiger partial charge in [0.1, 0.15) is 21.9 Å². The predicted molar refractivity (Wildman–Crippen MR) is 209 cm³/mol. The molecule has 5 aromatic rings. The van der Waals surface area contributed by atoms with Crippen molar-refractivity contribution in [1.82, 2.24) is 39.7 Å². The molecule has 0 saturated heterocycles. The molecule has 5 aromatic heterocycles. The van der Waals surface area contributed by atoms with E-state index in [1.165, 1.54) is 30.6 Å². The van der Waals surface area contributed by atoms with Crippen LogP contribution in [0.25, 0.3) is 21.5 Å². The number of nitrogens with zero attached hydrogens (tertiary/aromatic N) is 8. The van der Waals surface area contributed by atoms with Crippen molar-refractivity contribution in [1.29, 1.82) is 0 Å². The van der Waals surface area contributed by atoms with Crippen molar-refractivity contribution in [2.75, 3.05) is 29.6 Å². The summed E-state index contributed by atoms with van der Waals surface area (Å²) in [6.45, 7) is 6.67. The standard InChI is InChI=1S/C37H46N10O5S2/c1-5-52-32(48)16-10-7-11-20-54(50,51)45-35(49)33-27(28-22-39-47(25(28)3)23-26-13-8-6-9-14-26)17-18-30(41-33)46(4)31-21-24(2)34(44-43-31)42-37-40-29-15-12-19-38-36(29)53-37/h12,15,17-19,21-22,26H,5-11,13-14,16,20,23H2,1-4H3,(H,45,49)(H,40,42,44). The molecule has 54 heavy (non-hydrogen) atoms. The van der Waals surface area contributed by atoms with Crippen LogP contribution in [-0.2, 0) is 26.1 Å². The van der Waals surface area contributed by atoms with Gasteiger partial charge in [0, 0.05) is 43.0 Å². The van der Waals surface area contributed by atoms with Gasteiger partial charge in [0.15, 0.2) is 16.8 Å². The molecule has 0 radical (unpaired) electrons. The smallest absolute Gasteiger partial charge is 0.305 e. The molecule has 1 aliphatic rings. The second-order valence-corrected chi connectivity index (χ2v) is 16.3. The summed E-state index contributed by atoms with van der Waals surface area (Å²) in [5.74, 6) is 0.443. The van der Waals surface area contributed by atoms with Gasteiger partial charge in [0.05, 0.1) is 18.6 Å². The summed E-state index contributed by atoms with van der Waals surface area (Å²) in [4.78, 5) is 41.7. The molecule has 1 fully saturated rings. The van der Waals surface area contributed by atoms with Gasteiger partial charge in [-0.2, -0.15) is 5.10 Å². The summed E-state index contributed by atoms with van der Waals surface area (Å²) >= 11 is 1.41. The third-order valence-corrected chi connectivity index (χ3v) is 11.8. The van der Waals surface area contributed by atoms with Crippen LogP contribution in [0.4, 0.5) is 22.6 Å². The number of pyridine rings is 2. The van der Waals surface area contributed by atoms with E-state index in [1.807, 2.05) is 36.7 Å². The predicted octanol–water partition coefficient (Wildman–Crippen LogP) is 6.63. The number of hydrogen-bond acceptors (Lipinski definition) is 14. The number of amides is 1. The third-order valence-electron chi connectivity index (χ3n) is 9.54. The number of sulfonamides is 1. The molecule has 2 N–H and O–H groups in total. The Kier molecular flexibility index (Phi) is 12.5. The number of ether oxygens (including phenoxy) is 1. The van der Waals surface area contributed by atoms with E-state index in [2.05, 4.69) is 35.3 Å². The van der Waals surface area contributed by atoms with Gasteiger partial charge in [-0.1, -0.05) is 37.0 Å². The maximum Gasteiger partial charge on any atom is 0.305 e. The van der Waals surface area contributed by atoms with Crippen molar-refractivity contribution < 1.29 is 22.7 Å². The molecular weight excluding hydrogens is 729 g/mol. The molecule has 286 valence electrons. The number of esters is 1. The number of anilines is 4. The van der Waals surface area contributed by atoms with Gasteiger partial charge < -0.3 is 15.0 Å².